The van der Waals surface area contributed by atoms with Crippen LogP contribution < -0.4 is 0 Å². The minimum absolute atomic E-state index is 0.165. The molecule has 2 fully saturated rings. The van der Waals surface area contributed by atoms with Crippen LogP contribution in [-0.4, -0.2) is 31.7 Å². The highest BCUT2D eigenvalue weighted by molar-refractivity contribution is 5.05. The van der Waals surface area contributed by atoms with Gasteiger partial charge in [0, 0.05) is 11.8 Å². The Morgan fingerprint density at radius 2 is 1.96 bits per heavy atom. The molecule has 23 heavy (non-hydrogen) atoms. The minimum Gasteiger partial charge on any atom is -0.338 e. The summed E-state index contributed by atoms with van der Waals surface area (Å²) < 4.78 is 10.9. The van der Waals surface area contributed by atoms with Gasteiger partial charge in [-0.25, -0.2) is 0 Å². The molecule has 1 aliphatic carbocycles. The summed E-state index contributed by atoms with van der Waals surface area (Å²) in [5, 5.41) is 8.21. The molecule has 3 heterocycles. The van der Waals surface area contributed by atoms with Crippen LogP contribution in [0, 0.1) is 0 Å². The van der Waals surface area contributed by atoms with Gasteiger partial charge in [-0.1, -0.05) is 30.6 Å². The molecule has 2 aromatic heterocycles. The topological polar surface area (TPSA) is 81.1 Å². The van der Waals surface area contributed by atoms with Crippen molar-refractivity contribution in [2.24, 2.45) is 0 Å². The quantitative estimate of drug-likeness (QED) is 0.837. The summed E-state index contributed by atoms with van der Waals surface area (Å²) in [6, 6.07) is 0.165. The van der Waals surface area contributed by atoms with Crippen molar-refractivity contribution in [1.82, 2.24) is 25.2 Å². The number of nitrogens with zero attached hydrogens (tertiary/aromatic N) is 5. The third-order valence-corrected chi connectivity index (χ3v) is 4.64. The van der Waals surface area contributed by atoms with Gasteiger partial charge in [-0.15, -0.1) is 0 Å². The van der Waals surface area contributed by atoms with Crippen molar-refractivity contribution in [1.29, 1.82) is 0 Å². The van der Waals surface area contributed by atoms with Gasteiger partial charge in [0.25, 0.3) is 0 Å². The molecule has 1 aliphatic heterocycles. The molecule has 0 amide bonds. The molecule has 4 rings (SSSR count). The monoisotopic (exact) mass is 317 g/mol. The van der Waals surface area contributed by atoms with Crippen molar-refractivity contribution in [2.45, 2.75) is 70.4 Å². The Hall–Kier alpha value is -1.76. The van der Waals surface area contributed by atoms with Crippen LogP contribution in [-0.2, 0) is 6.54 Å². The minimum atomic E-state index is 0.165. The highest BCUT2D eigenvalue weighted by Gasteiger charge is 2.33. The number of hydrogen-bond donors (Lipinski definition) is 0. The maximum atomic E-state index is 5.55. The number of hydrogen-bond acceptors (Lipinski definition) is 7. The Morgan fingerprint density at radius 1 is 1.09 bits per heavy atom. The van der Waals surface area contributed by atoms with Crippen LogP contribution in [0.5, 0.6) is 0 Å². The van der Waals surface area contributed by atoms with Crippen molar-refractivity contribution < 1.29 is 9.05 Å². The molecule has 2 aliphatic rings. The second-order valence-electron chi connectivity index (χ2n) is 6.95. The fourth-order valence-corrected chi connectivity index (χ4v) is 3.09. The van der Waals surface area contributed by atoms with Crippen LogP contribution in [0.2, 0.25) is 0 Å². The van der Waals surface area contributed by atoms with Gasteiger partial charge in [0.15, 0.2) is 11.6 Å². The first-order valence-electron chi connectivity index (χ1n) is 8.60. The molecule has 0 aromatic carbocycles. The summed E-state index contributed by atoms with van der Waals surface area (Å²) in [6.07, 6.45) is 5.77. The predicted molar refractivity (Wildman–Crippen MR) is 81.7 cm³/mol. The molecule has 1 atom stereocenters. The van der Waals surface area contributed by atoms with Gasteiger partial charge in [-0.05, 0) is 32.2 Å². The van der Waals surface area contributed by atoms with Crippen molar-refractivity contribution in [3.8, 4) is 0 Å². The lowest BCUT2D eigenvalue weighted by atomic mass is 10.0. The number of aromatic nitrogens is 4. The van der Waals surface area contributed by atoms with Gasteiger partial charge in [-0.3, -0.25) is 4.90 Å². The van der Waals surface area contributed by atoms with Crippen LogP contribution in [0.15, 0.2) is 9.05 Å². The van der Waals surface area contributed by atoms with Gasteiger partial charge in [0.1, 0.15) is 0 Å². The zero-order valence-electron chi connectivity index (χ0n) is 13.7. The first-order valence-corrected chi connectivity index (χ1v) is 8.60. The van der Waals surface area contributed by atoms with Gasteiger partial charge < -0.3 is 9.05 Å². The summed E-state index contributed by atoms with van der Waals surface area (Å²) in [6.45, 7) is 5.77. The normalized spacial score (nSPS) is 22.8. The highest BCUT2D eigenvalue weighted by Crippen LogP contribution is 2.39. The SMILES string of the molecule is CC(C)c1noc(CN2CCCC[C@@H]2c2nc(C3CC3)no2)n1. The maximum absolute atomic E-state index is 5.55. The molecule has 1 saturated carbocycles. The van der Waals surface area contributed by atoms with E-state index < -0.39 is 0 Å². The van der Waals surface area contributed by atoms with E-state index in [2.05, 4.69) is 39.0 Å². The Bertz CT molecular complexity index is 661. The summed E-state index contributed by atoms with van der Waals surface area (Å²) in [5.74, 6) is 3.86. The first-order chi connectivity index (χ1) is 11.2. The Morgan fingerprint density at radius 3 is 2.70 bits per heavy atom. The fraction of sp³-hybridized carbons (Fsp3) is 0.750. The third-order valence-electron chi connectivity index (χ3n) is 4.64. The smallest absolute Gasteiger partial charge is 0.244 e. The van der Waals surface area contributed by atoms with Crippen LogP contribution in [0.3, 0.4) is 0 Å². The molecule has 0 bridgehead atoms. The van der Waals surface area contributed by atoms with Crippen LogP contribution in [0.25, 0.3) is 0 Å². The van der Waals surface area contributed by atoms with E-state index >= 15 is 0 Å². The average Bonchev–Trinajstić information content (AvgIpc) is 3.10. The first kappa shape index (κ1) is 14.8. The molecule has 7 nitrogen and oxygen atoms in total. The Labute approximate surface area is 135 Å². The van der Waals surface area contributed by atoms with Crippen molar-refractivity contribution in [2.75, 3.05) is 6.54 Å². The van der Waals surface area contributed by atoms with E-state index in [0.717, 1.165) is 30.5 Å². The number of rotatable bonds is 5. The molecule has 0 N–H and O–H groups in total. The zero-order valence-corrected chi connectivity index (χ0v) is 13.7. The van der Waals surface area contributed by atoms with Gasteiger partial charge in [0.2, 0.25) is 11.8 Å². The maximum Gasteiger partial charge on any atom is 0.244 e. The Kier molecular flexibility index (Phi) is 3.88. The van der Waals surface area contributed by atoms with Gasteiger partial charge in [-0.2, -0.15) is 9.97 Å². The lowest BCUT2D eigenvalue weighted by molar-refractivity contribution is 0.0985. The second-order valence-corrected chi connectivity index (χ2v) is 6.95. The standard InChI is InChI=1S/C16H23N5O2/c1-10(2)14-17-13(22-19-14)9-21-8-4-3-5-12(21)16-18-15(20-23-16)11-6-7-11/h10-12H,3-9H2,1-2H3/t12-/m1/s1. The van der Waals surface area contributed by atoms with E-state index in [1.54, 1.807) is 0 Å². The van der Waals surface area contributed by atoms with E-state index in [4.69, 9.17) is 9.05 Å². The molecule has 7 heteroatoms. The van der Waals surface area contributed by atoms with Gasteiger partial charge >= 0.3 is 0 Å². The Balaban J connectivity index is 1.49. The zero-order chi connectivity index (χ0) is 15.8. The molecule has 0 unspecified atom stereocenters. The van der Waals surface area contributed by atoms with E-state index in [-0.39, 0.29) is 12.0 Å². The third kappa shape index (κ3) is 3.15. The second kappa shape index (κ2) is 6.03. The highest BCUT2D eigenvalue weighted by atomic mass is 16.5. The lowest BCUT2D eigenvalue weighted by Gasteiger charge is -2.31. The summed E-state index contributed by atoms with van der Waals surface area (Å²) >= 11 is 0. The molecule has 1 saturated heterocycles. The molecule has 124 valence electrons. The molecular weight excluding hydrogens is 294 g/mol. The number of piperidine rings is 1. The van der Waals surface area contributed by atoms with Crippen LogP contribution in [0.4, 0.5) is 0 Å². The van der Waals surface area contributed by atoms with Crippen molar-refractivity contribution in [3.05, 3.63) is 23.4 Å². The lowest BCUT2D eigenvalue weighted by Crippen LogP contribution is -2.33. The van der Waals surface area contributed by atoms with Crippen LogP contribution >= 0.6 is 0 Å². The van der Waals surface area contributed by atoms with Crippen molar-refractivity contribution >= 4 is 0 Å². The molecule has 2 aromatic rings. The fourth-order valence-electron chi connectivity index (χ4n) is 3.09. The molecule has 0 radical (unpaired) electrons. The van der Waals surface area contributed by atoms with Crippen LogP contribution in [0.1, 0.15) is 87.3 Å². The molecule has 0 spiro atoms. The van der Waals surface area contributed by atoms with E-state index in [1.165, 1.54) is 25.7 Å². The predicted octanol–water partition coefficient (Wildman–Crippen LogP) is 3.18. The van der Waals surface area contributed by atoms with E-state index in [0.29, 0.717) is 18.4 Å². The largest absolute Gasteiger partial charge is 0.338 e. The molecular formula is C16H23N5O2. The summed E-state index contributed by atoms with van der Waals surface area (Å²) in [5.41, 5.74) is 0. The van der Waals surface area contributed by atoms with E-state index in [1.807, 2.05) is 0 Å². The van der Waals surface area contributed by atoms with Crippen molar-refractivity contribution in [3.63, 3.8) is 0 Å². The van der Waals surface area contributed by atoms with Gasteiger partial charge in [0.05, 0.1) is 12.6 Å². The summed E-state index contributed by atoms with van der Waals surface area (Å²) in [4.78, 5) is 11.4. The van der Waals surface area contributed by atoms with E-state index in [9.17, 15) is 0 Å². The summed E-state index contributed by atoms with van der Waals surface area (Å²) in [7, 11) is 0. The number of likely N-dealkylation sites (tertiary alicyclic amines) is 1. The average molecular weight is 317 g/mol.